The zero-order valence-corrected chi connectivity index (χ0v) is 29.8. The van der Waals surface area contributed by atoms with Crippen LogP contribution in [0.4, 0.5) is 13.2 Å². The number of aromatic amines is 2. The third-order valence-electron chi connectivity index (χ3n) is 8.29. The molecule has 1 unspecified atom stereocenters. The first-order valence-electron chi connectivity index (χ1n) is 14.6. The Balaban J connectivity index is 2.43. The fourth-order valence-corrected chi connectivity index (χ4v) is 16.1. The van der Waals surface area contributed by atoms with E-state index in [-0.39, 0.29) is 22.3 Å². The minimum Gasteiger partial charge on any atom is -0.414 e. The van der Waals surface area contributed by atoms with Crippen LogP contribution in [0.1, 0.15) is 72.9 Å². The fourth-order valence-electron chi connectivity index (χ4n) is 5.59. The number of nitrogens with zero attached hydrogens (tertiary/aromatic N) is 3. The smallest absolute Gasteiger partial charge is 0.414 e. The fraction of sp³-hybridized carbons (Fsp3) is 0.760. The molecule has 0 aromatic carbocycles. The summed E-state index contributed by atoms with van der Waals surface area (Å²) in [6, 6.07) is 0. The van der Waals surface area contributed by atoms with Crippen molar-refractivity contribution in [3.63, 3.8) is 0 Å². The molecule has 3 rings (SSSR count). The maximum atomic E-state index is 13.9. The molecular weight excluding hydrogens is 676 g/mol. The molecule has 4 N–H and O–H groups in total. The Hall–Kier alpha value is -2.25. The third-order valence-corrected chi connectivity index (χ3v) is 19.1. The Morgan fingerprint density at radius 1 is 1.09 bits per heavy atom. The average Bonchev–Trinajstić information content (AvgIpc) is 3.57. The Kier molecular flexibility index (Phi) is 11.1. The van der Waals surface area contributed by atoms with E-state index in [9.17, 15) is 41.1 Å². The van der Waals surface area contributed by atoms with Crippen LogP contribution in [0.25, 0.3) is 0 Å². The normalized spacial score (nSPS) is 23.4. The van der Waals surface area contributed by atoms with E-state index in [4.69, 9.17) is 17.5 Å². The van der Waals surface area contributed by atoms with Gasteiger partial charge in [-0.3, -0.25) is 23.6 Å². The molecule has 2 aromatic rings. The van der Waals surface area contributed by atoms with Crippen molar-refractivity contribution in [2.24, 2.45) is 0 Å². The van der Waals surface area contributed by atoms with E-state index < -0.39 is 85.7 Å². The van der Waals surface area contributed by atoms with Gasteiger partial charge in [0.05, 0.1) is 6.61 Å². The summed E-state index contributed by atoms with van der Waals surface area (Å²) in [6.45, 7) is 14.2. The van der Waals surface area contributed by atoms with Crippen LogP contribution in [0.5, 0.6) is 0 Å². The molecule has 1 saturated heterocycles. The number of aryl methyl sites for hydroxylation is 1. The van der Waals surface area contributed by atoms with Crippen LogP contribution in [0.15, 0.2) is 22.0 Å². The maximum absolute atomic E-state index is 13.9. The van der Waals surface area contributed by atoms with E-state index in [0.29, 0.717) is 4.57 Å². The highest BCUT2D eigenvalue weighted by Crippen LogP contribution is 2.51. The summed E-state index contributed by atoms with van der Waals surface area (Å²) in [5.74, 6) is 0. The van der Waals surface area contributed by atoms with Crippen LogP contribution >= 0.6 is 0 Å². The summed E-state index contributed by atoms with van der Waals surface area (Å²) in [4.78, 5) is 39.1. The molecule has 4 atom stereocenters. The first-order valence-corrected chi connectivity index (χ1v) is 20.0. The molecule has 0 radical (unpaired) electrons. The van der Waals surface area contributed by atoms with E-state index in [1.165, 1.54) is 6.92 Å². The molecule has 0 aliphatic carbocycles. The first-order chi connectivity index (χ1) is 21.0. The molecule has 1 aliphatic heterocycles. The molecular formula is C25H42F3N5O10SSi2. The number of hydrogen-bond donors (Lipinski definition) is 4. The molecule has 1 fully saturated rings. The Bertz CT molecular complexity index is 1570. The summed E-state index contributed by atoms with van der Waals surface area (Å²) in [7, 11) is -14.1. The standard InChI is InChI=1S/C25H42F3N5O10SSi2/c1-13(2)45(39,14(3)4)43-46(15(5)6,16(7)8)42-20-19(41-44(37,38)25(26,27)28)22(33-11-17(9)21(35)30-23(33)36)40-24(20,12-34)18-10-29-32-31-18/h10-11,13-16,19-20,22,34,39H,12H2,1-9H3,(H,29,31,32)(H,30,35,36)/t19-,20?,22+,24-/m0/s1. The number of rotatable bonds is 13. The van der Waals surface area contributed by atoms with Crippen molar-refractivity contribution >= 4 is 27.2 Å². The Morgan fingerprint density at radius 3 is 2.09 bits per heavy atom. The van der Waals surface area contributed by atoms with Crippen LogP contribution in [-0.4, -0.2) is 84.7 Å². The number of ether oxygens (including phenoxy) is 1. The lowest BCUT2D eigenvalue weighted by Crippen LogP contribution is -2.63. The lowest BCUT2D eigenvalue weighted by atomic mass is 9.93. The van der Waals surface area contributed by atoms with E-state index >= 15 is 0 Å². The van der Waals surface area contributed by atoms with Crippen molar-refractivity contribution in [1.82, 2.24) is 25.0 Å². The summed E-state index contributed by atoms with van der Waals surface area (Å²) >= 11 is 0. The second-order valence-electron chi connectivity index (χ2n) is 12.6. The van der Waals surface area contributed by atoms with Crippen LogP contribution in [0.2, 0.25) is 22.2 Å². The second-order valence-corrected chi connectivity index (χ2v) is 22.8. The van der Waals surface area contributed by atoms with E-state index in [1.807, 2.05) is 4.98 Å². The number of hydrogen-bond acceptors (Lipinski definition) is 12. The highest BCUT2D eigenvalue weighted by Gasteiger charge is 2.67. The molecule has 262 valence electrons. The predicted octanol–water partition coefficient (Wildman–Crippen LogP) is 2.53. The molecule has 3 heterocycles. The van der Waals surface area contributed by atoms with Gasteiger partial charge in [0.1, 0.15) is 11.8 Å². The third kappa shape index (κ3) is 6.70. The van der Waals surface area contributed by atoms with Gasteiger partial charge in [-0.15, -0.1) is 5.10 Å². The molecule has 0 bridgehead atoms. The zero-order chi connectivity index (χ0) is 35.2. The number of H-pyrrole nitrogens is 2. The number of aromatic nitrogens is 5. The van der Waals surface area contributed by atoms with Gasteiger partial charge in [-0.25, -0.2) is 4.79 Å². The van der Waals surface area contributed by atoms with Crippen molar-refractivity contribution in [1.29, 1.82) is 0 Å². The van der Waals surface area contributed by atoms with Gasteiger partial charge in [0.25, 0.3) is 5.56 Å². The van der Waals surface area contributed by atoms with Gasteiger partial charge >= 0.3 is 38.4 Å². The number of alkyl halides is 3. The number of aliphatic hydroxyl groups excluding tert-OH is 1. The average molecular weight is 718 g/mol. The molecule has 1 aliphatic rings. The molecule has 15 nitrogen and oxygen atoms in total. The van der Waals surface area contributed by atoms with Gasteiger partial charge in [-0.05, 0) is 29.1 Å². The number of halogens is 3. The lowest BCUT2D eigenvalue weighted by molar-refractivity contribution is -0.137. The summed E-state index contributed by atoms with van der Waals surface area (Å²) < 4.78 is 91.8. The summed E-state index contributed by atoms with van der Waals surface area (Å²) in [5, 5.41) is 20.9. The summed E-state index contributed by atoms with van der Waals surface area (Å²) in [6.07, 6.45) is -4.26. The van der Waals surface area contributed by atoms with Gasteiger partial charge in [-0.1, -0.05) is 60.6 Å². The largest absolute Gasteiger partial charge is 0.523 e. The van der Waals surface area contributed by atoms with Gasteiger partial charge < -0.3 is 23.2 Å². The maximum Gasteiger partial charge on any atom is 0.523 e. The van der Waals surface area contributed by atoms with Crippen molar-refractivity contribution in [3.8, 4) is 0 Å². The van der Waals surface area contributed by atoms with Crippen LogP contribution in [-0.2, 0) is 33.2 Å². The van der Waals surface area contributed by atoms with E-state index in [1.54, 1.807) is 55.4 Å². The summed E-state index contributed by atoms with van der Waals surface area (Å²) in [5.41, 5.74) is -12.4. The molecule has 0 saturated carbocycles. The van der Waals surface area contributed by atoms with Crippen molar-refractivity contribution < 1.29 is 49.0 Å². The van der Waals surface area contributed by atoms with Crippen LogP contribution < -0.4 is 11.2 Å². The molecule has 46 heavy (non-hydrogen) atoms. The number of nitrogens with one attached hydrogen (secondary N) is 2. The topological polar surface area (TPSA) is 208 Å². The van der Waals surface area contributed by atoms with E-state index in [0.717, 1.165) is 12.4 Å². The quantitative estimate of drug-likeness (QED) is 0.134. The van der Waals surface area contributed by atoms with Gasteiger partial charge in [0.2, 0.25) is 0 Å². The minimum absolute atomic E-state index is 0.0811. The molecule has 2 aromatic heterocycles. The highest BCUT2D eigenvalue weighted by atomic mass is 32.2. The van der Waals surface area contributed by atoms with Gasteiger partial charge in [0, 0.05) is 18.0 Å². The SMILES string of the molecule is Cc1cn([C@@H]2O[C@@](CO)(c3c[nH]nn3)C(O[Si](O[Si](O)(C(C)C)C(C)C)(C(C)C)C(C)C)[C@@H]2OS(=O)(=O)C(F)(F)F)c(=O)[nH]c1=O. The zero-order valence-electron chi connectivity index (χ0n) is 26.9. The minimum atomic E-state index is -6.41. The van der Waals surface area contributed by atoms with Gasteiger partial charge in [-0.2, -0.15) is 21.6 Å². The van der Waals surface area contributed by atoms with Crippen LogP contribution in [0, 0.1) is 6.92 Å². The molecule has 0 amide bonds. The van der Waals surface area contributed by atoms with Crippen molar-refractivity contribution in [2.75, 3.05) is 6.61 Å². The van der Waals surface area contributed by atoms with Crippen molar-refractivity contribution in [3.05, 3.63) is 44.5 Å². The second kappa shape index (κ2) is 13.3. The van der Waals surface area contributed by atoms with Gasteiger partial charge in [0.15, 0.2) is 17.9 Å². The monoisotopic (exact) mass is 717 g/mol. The van der Waals surface area contributed by atoms with E-state index in [2.05, 4.69) is 15.4 Å². The van der Waals surface area contributed by atoms with Crippen LogP contribution in [0.3, 0.4) is 0 Å². The number of aliphatic hydroxyl groups is 1. The lowest BCUT2D eigenvalue weighted by Gasteiger charge is -2.48. The predicted molar refractivity (Wildman–Crippen MR) is 161 cm³/mol. The molecule has 21 heteroatoms. The Morgan fingerprint density at radius 2 is 1.65 bits per heavy atom. The first kappa shape index (κ1) is 38.2. The Labute approximate surface area is 266 Å². The highest BCUT2D eigenvalue weighted by molar-refractivity contribution is 7.87. The van der Waals surface area contributed by atoms with Crippen molar-refractivity contribution in [2.45, 2.75) is 114 Å². The molecule has 0 spiro atoms.